The van der Waals surface area contributed by atoms with Crippen LogP contribution in [0.2, 0.25) is 0 Å². The summed E-state index contributed by atoms with van der Waals surface area (Å²) in [7, 11) is 0. The average molecular weight is 449 g/mol. The molecule has 2 saturated carbocycles. The number of aliphatic carboxylic acids is 1. The molecule has 3 aliphatic rings. The van der Waals surface area contributed by atoms with Gasteiger partial charge in [-0.2, -0.15) is 0 Å². The largest absolute Gasteiger partial charge is 0.480 e. The molecule has 1 atom stereocenters. The number of ether oxygens (including phenoxy) is 1. The van der Waals surface area contributed by atoms with E-state index in [0.29, 0.717) is 25.2 Å². The summed E-state index contributed by atoms with van der Waals surface area (Å²) in [5, 5.41) is 14.8. The van der Waals surface area contributed by atoms with Crippen molar-refractivity contribution in [3.8, 4) is 11.1 Å². The predicted octanol–water partition coefficient (Wildman–Crippen LogP) is 3.67. The fourth-order valence-electron chi connectivity index (χ4n) is 4.75. The number of hydrogen-bond donors (Lipinski definition) is 3. The molecular weight excluding hydrogens is 420 g/mol. The summed E-state index contributed by atoms with van der Waals surface area (Å²) in [6.07, 6.45) is 3.19. The Morgan fingerprint density at radius 1 is 1.00 bits per heavy atom. The van der Waals surface area contributed by atoms with Gasteiger partial charge in [-0.3, -0.25) is 4.79 Å². The lowest BCUT2D eigenvalue weighted by Crippen LogP contribution is -2.47. The lowest BCUT2D eigenvalue weighted by Gasteiger charge is -2.20. The van der Waals surface area contributed by atoms with Gasteiger partial charge in [0.25, 0.3) is 0 Å². The number of carboxylic acid groups (broad SMARTS) is 1. The molecule has 2 aromatic rings. The number of rotatable bonds is 9. The van der Waals surface area contributed by atoms with Crippen molar-refractivity contribution in [1.29, 1.82) is 0 Å². The molecule has 5 rings (SSSR count). The van der Waals surface area contributed by atoms with E-state index >= 15 is 0 Å². The first-order chi connectivity index (χ1) is 16.0. The summed E-state index contributed by atoms with van der Waals surface area (Å²) in [6, 6.07) is 15.4. The van der Waals surface area contributed by atoms with Gasteiger partial charge in [0.15, 0.2) is 0 Å². The highest BCUT2D eigenvalue weighted by atomic mass is 16.5. The van der Waals surface area contributed by atoms with Crippen LogP contribution in [-0.4, -0.2) is 42.3 Å². The van der Waals surface area contributed by atoms with E-state index < -0.39 is 23.5 Å². The number of carbonyl (C=O) groups excluding carboxylic acids is 2. The van der Waals surface area contributed by atoms with Gasteiger partial charge in [-0.05, 0) is 47.4 Å². The minimum Gasteiger partial charge on any atom is -0.480 e. The van der Waals surface area contributed by atoms with Crippen molar-refractivity contribution < 1.29 is 24.2 Å². The number of carbonyl (C=O) groups is 3. The van der Waals surface area contributed by atoms with Crippen LogP contribution in [0.3, 0.4) is 0 Å². The zero-order valence-electron chi connectivity index (χ0n) is 18.4. The van der Waals surface area contributed by atoms with E-state index in [1.165, 1.54) is 0 Å². The summed E-state index contributed by atoms with van der Waals surface area (Å²) < 4.78 is 5.55. The van der Waals surface area contributed by atoms with Crippen LogP contribution in [0.25, 0.3) is 11.1 Å². The summed E-state index contributed by atoms with van der Waals surface area (Å²) in [5.74, 6) is -0.939. The molecule has 3 aliphatic carbocycles. The van der Waals surface area contributed by atoms with Crippen LogP contribution in [0, 0.1) is 11.3 Å². The molecule has 0 bridgehead atoms. The van der Waals surface area contributed by atoms with Gasteiger partial charge in [-0.15, -0.1) is 0 Å². The number of carboxylic acids is 1. The molecule has 0 aromatic heterocycles. The summed E-state index contributed by atoms with van der Waals surface area (Å²) in [6.45, 7) is 0.354. The fraction of sp³-hybridized carbons (Fsp3) is 0.423. The molecule has 7 heteroatoms. The monoisotopic (exact) mass is 448 g/mol. The van der Waals surface area contributed by atoms with Gasteiger partial charge in [0, 0.05) is 12.5 Å². The van der Waals surface area contributed by atoms with E-state index in [0.717, 1.165) is 35.1 Å². The summed E-state index contributed by atoms with van der Waals surface area (Å²) in [5.41, 5.74) is 3.87. The predicted molar refractivity (Wildman–Crippen MR) is 122 cm³/mol. The molecule has 0 heterocycles. The molecule has 2 fully saturated rings. The molecule has 7 nitrogen and oxygen atoms in total. The van der Waals surface area contributed by atoms with E-state index in [1.807, 2.05) is 24.3 Å². The van der Waals surface area contributed by atoms with Gasteiger partial charge in [0.05, 0.1) is 5.41 Å². The zero-order chi connectivity index (χ0) is 23.0. The Morgan fingerprint density at radius 3 is 2.15 bits per heavy atom. The number of benzene rings is 2. The van der Waals surface area contributed by atoms with Crippen LogP contribution in [0.4, 0.5) is 4.79 Å². The van der Waals surface area contributed by atoms with Gasteiger partial charge < -0.3 is 20.5 Å². The van der Waals surface area contributed by atoms with Crippen molar-refractivity contribution in [2.24, 2.45) is 11.3 Å². The quantitative estimate of drug-likeness (QED) is 0.543. The van der Waals surface area contributed by atoms with E-state index in [2.05, 4.69) is 34.9 Å². The maximum atomic E-state index is 12.7. The highest BCUT2D eigenvalue weighted by Gasteiger charge is 2.51. The third-order valence-corrected chi connectivity index (χ3v) is 7.12. The molecule has 0 spiro atoms. The molecular formula is C26H28N2O5. The van der Waals surface area contributed by atoms with Crippen molar-refractivity contribution >= 4 is 18.0 Å². The Kier molecular flexibility index (Phi) is 5.56. The molecule has 33 heavy (non-hydrogen) atoms. The highest BCUT2D eigenvalue weighted by Crippen LogP contribution is 2.46. The van der Waals surface area contributed by atoms with Crippen molar-refractivity contribution in [3.63, 3.8) is 0 Å². The first kappa shape index (κ1) is 21.5. The van der Waals surface area contributed by atoms with Crippen molar-refractivity contribution in [3.05, 3.63) is 59.7 Å². The van der Waals surface area contributed by atoms with Crippen LogP contribution in [-0.2, 0) is 14.3 Å². The second-order valence-corrected chi connectivity index (χ2v) is 9.50. The lowest BCUT2D eigenvalue weighted by molar-refractivity contribution is -0.143. The Bertz CT molecular complexity index is 1040. The van der Waals surface area contributed by atoms with Crippen LogP contribution in [0.5, 0.6) is 0 Å². The first-order valence-corrected chi connectivity index (χ1v) is 11.6. The number of alkyl carbamates (subject to hydrolysis) is 1. The van der Waals surface area contributed by atoms with Gasteiger partial charge in [-0.25, -0.2) is 9.59 Å². The fourth-order valence-corrected chi connectivity index (χ4v) is 4.75. The van der Waals surface area contributed by atoms with E-state index in [-0.39, 0.29) is 25.0 Å². The minimum absolute atomic E-state index is 0.0277. The summed E-state index contributed by atoms with van der Waals surface area (Å²) >= 11 is 0. The smallest absolute Gasteiger partial charge is 0.407 e. The molecule has 0 radical (unpaired) electrons. The maximum absolute atomic E-state index is 12.7. The number of amides is 2. The highest BCUT2D eigenvalue weighted by molar-refractivity contribution is 5.90. The third kappa shape index (κ3) is 4.45. The van der Waals surface area contributed by atoms with Crippen molar-refractivity contribution in [2.45, 2.75) is 44.1 Å². The van der Waals surface area contributed by atoms with Gasteiger partial charge in [0.1, 0.15) is 12.6 Å². The standard InChI is InChI=1S/C26H28N2O5/c29-23(30)22(13-16-9-10-16)28-24(31)26(11-12-26)15-27-25(32)33-14-21-19-7-3-1-5-17(19)18-6-2-4-8-20(18)21/h1-8,16,21-22H,9-15H2,(H,27,32)(H,28,31)(H,29,30)/t22-/m0/s1. The zero-order valence-corrected chi connectivity index (χ0v) is 18.4. The molecule has 2 aromatic carbocycles. The Morgan fingerprint density at radius 2 is 1.61 bits per heavy atom. The molecule has 0 saturated heterocycles. The Hall–Kier alpha value is -3.35. The number of nitrogens with one attached hydrogen (secondary N) is 2. The van der Waals surface area contributed by atoms with Crippen LogP contribution >= 0.6 is 0 Å². The van der Waals surface area contributed by atoms with Gasteiger partial charge >= 0.3 is 12.1 Å². The second kappa shape index (κ2) is 8.54. The van der Waals surface area contributed by atoms with E-state index in [4.69, 9.17) is 4.74 Å². The first-order valence-electron chi connectivity index (χ1n) is 11.6. The molecule has 0 unspecified atom stereocenters. The third-order valence-electron chi connectivity index (χ3n) is 7.12. The molecule has 3 N–H and O–H groups in total. The van der Waals surface area contributed by atoms with Crippen LogP contribution in [0.1, 0.15) is 49.1 Å². The van der Waals surface area contributed by atoms with Gasteiger partial charge in [0.2, 0.25) is 5.91 Å². The SMILES string of the molecule is O=C(NCC1(C(=O)N[C@@H](CC2CC2)C(=O)O)CC1)OCC1c2ccccc2-c2ccccc21. The summed E-state index contributed by atoms with van der Waals surface area (Å²) in [4.78, 5) is 36.7. The number of fused-ring (bicyclic) bond motifs is 3. The lowest BCUT2D eigenvalue weighted by atomic mass is 9.98. The molecule has 172 valence electrons. The van der Waals surface area contributed by atoms with Crippen molar-refractivity contribution in [1.82, 2.24) is 10.6 Å². The number of hydrogen-bond acceptors (Lipinski definition) is 4. The molecule has 0 aliphatic heterocycles. The Balaban J connectivity index is 1.15. The van der Waals surface area contributed by atoms with Crippen molar-refractivity contribution in [2.75, 3.05) is 13.2 Å². The maximum Gasteiger partial charge on any atom is 0.407 e. The Labute approximate surface area is 192 Å². The van der Waals surface area contributed by atoms with E-state index in [1.54, 1.807) is 0 Å². The van der Waals surface area contributed by atoms with Gasteiger partial charge in [-0.1, -0.05) is 61.4 Å². The minimum atomic E-state index is -1.00. The average Bonchev–Trinajstić information content (AvgIpc) is 3.74. The normalized spacial score (nSPS) is 18.5. The van der Waals surface area contributed by atoms with Crippen LogP contribution < -0.4 is 10.6 Å². The van der Waals surface area contributed by atoms with E-state index in [9.17, 15) is 19.5 Å². The van der Waals surface area contributed by atoms with Crippen LogP contribution in [0.15, 0.2) is 48.5 Å². The second-order valence-electron chi connectivity index (χ2n) is 9.50. The molecule has 2 amide bonds. The topological polar surface area (TPSA) is 105 Å².